The van der Waals surface area contributed by atoms with Crippen molar-refractivity contribution in [1.29, 1.82) is 0 Å². The first-order chi connectivity index (χ1) is 7.63. The van der Waals surface area contributed by atoms with E-state index in [9.17, 15) is 5.11 Å². The summed E-state index contributed by atoms with van der Waals surface area (Å²) in [6.07, 6.45) is 0. The lowest BCUT2D eigenvalue weighted by Crippen LogP contribution is -2.49. The number of hydrogen-bond acceptors (Lipinski definition) is 2. The molecule has 1 aromatic carbocycles. The summed E-state index contributed by atoms with van der Waals surface area (Å²) in [5.41, 5.74) is -0.214. The van der Waals surface area contributed by atoms with Crippen molar-refractivity contribution in [3.8, 4) is 5.75 Å². The van der Waals surface area contributed by atoms with Crippen LogP contribution in [-0.4, -0.2) is 16.3 Å². The predicted octanol–water partition coefficient (Wildman–Crippen LogP) is 3.74. The molecular formula is C15H24O2. The lowest BCUT2D eigenvalue weighted by molar-refractivity contribution is -0.0906. The smallest absolute Gasteiger partial charge is 0.131 e. The molecule has 0 fully saturated rings. The van der Waals surface area contributed by atoms with Crippen molar-refractivity contribution in [3.63, 3.8) is 0 Å². The standard InChI is InChI=1S/C15H24O2/c1-11(2)12-7-9-13(10-8-12)17-15(5,6)14(3,4)16/h7-11,16H,1-6H3. The minimum absolute atomic E-state index is 0.520. The summed E-state index contributed by atoms with van der Waals surface area (Å²) >= 11 is 0. The van der Waals surface area contributed by atoms with E-state index in [2.05, 4.69) is 26.0 Å². The van der Waals surface area contributed by atoms with Gasteiger partial charge in [0.1, 0.15) is 11.4 Å². The quantitative estimate of drug-likeness (QED) is 0.863. The van der Waals surface area contributed by atoms with Crippen molar-refractivity contribution in [2.45, 2.75) is 58.7 Å². The Morgan fingerprint density at radius 3 is 1.82 bits per heavy atom. The molecule has 0 saturated heterocycles. The molecule has 0 saturated carbocycles. The maximum Gasteiger partial charge on any atom is 0.131 e. The van der Waals surface area contributed by atoms with Crippen LogP contribution in [0.15, 0.2) is 24.3 Å². The molecule has 0 heterocycles. The van der Waals surface area contributed by atoms with E-state index in [1.807, 2.05) is 26.0 Å². The van der Waals surface area contributed by atoms with Gasteiger partial charge in [0, 0.05) is 0 Å². The van der Waals surface area contributed by atoms with Crippen LogP contribution in [0.4, 0.5) is 0 Å². The summed E-state index contributed by atoms with van der Waals surface area (Å²) in [7, 11) is 0. The van der Waals surface area contributed by atoms with E-state index >= 15 is 0 Å². The molecule has 1 rings (SSSR count). The highest BCUT2D eigenvalue weighted by Crippen LogP contribution is 2.28. The van der Waals surface area contributed by atoms with Crippen LogP contribution in [-0.2, 0) is 0 Å². The van der Waals surface area contributed by atoms with Gasteiger partial charge in [-0.3, -0.25) is 0 Å². The van der Waals surface area contributed by atoms with Crippen LogP contribution in [0.1, 0.15) is 53.0 Å². The highest BCUT2D eigenvalue weighted by atomic mass is 16.5. The van der Waals surface area contributed by atoms with E-state index in [-0.39, 0.29) is 0 Å². The molecule has 1 N–H and O–H groups in total. The maximum atomic E-state index is 10.0. The molecule has 1 aromatic rings. The molecule has 0 spiro atoms. The fraction of sp³-hybridized carbons (Fsp3) is 0.600. The summed E-state index contributed by atoms with van der Waals surface area (Å²) in [6.45, 7) is 11.6. The maximum absolute atomic E-state index is 10.0. The van der Waals surface area contributed by atoms with Gasteiger partial charge in [-0.15, -0.1) is 0 Å². The minimum atomic E-state index is -0.885. The second-order valence-corrected chi connectivity index (χ2v) is 5.90. The molecule has 2 nitrogen and oxygen atoms in total. The normalized spacial score (nSPS) is 12.9. The van der Waals surface area contributed by atoms with Gasteiger partial charge in [-0.1, -0.05) is 26.0 Å². The second-order valence-electron chi connectivity index (χ2n) is 5.90. The van der Waals surface area contributed by atoms with Crippen molar-refractivity contribution in [2.24, 2.45) is 0 Å². The monoisotopic (exact) mass is 236 g/mol. The number of rotatable bonds is 4. The third-order valence-electron chi connectivity index (χ3n) is 3.39. The van der Waals surface area contributed by atoms with Crippen molar-refractivity contribution in [1.82, 2.24) is 0 Å². The first-order valence-corrected chi connectivity index (χ1v) is 6.15. The SMILES string of the molecule is CC(C)c1ccc(OC(C)(C)C(C)(C)O)cc1. The molecule has 0 aliphatic rings. The van der Waals surface area contributed by atoms with Gasteiger partial charge >= 0.3 is 0 Å². The Morgan fingerprint density at radius 2 is 1.47 bits per heavy atom. The third-order valence-corrected chi connectivity index (χ3v) is 3.39. The number of hydrogen-bond donors (Lipinski definition) is 1. The van der Waals surface area contributed by atoms with E-state index < -0.39 is 11.2 Å². The zero-order chi connectivity index (χ0) is 13.3. The van der Waals surface area contributed by atoms with Gasteiger partial charge in [0.25, 0.3) is 0 Å². The van der Waals surface area contributed by atoms with Crippen LogP contribution in [0, 0.1) is 0 Å². The van der Waals surface area contributed by atoms with Gasteiger partial charge in [-0.25, -0.2) is 0 Å². The van der Waals surface area contributed by atoms with Crippen molar-refractivity contribution >= 4 is 0 Å². The van der Waals surface area contributed by atoms with Gasteiger partial charge in [0.05, 0.1) is 5.60 Å². The molecule has 0 aliphatic heterocycles. The van der Waals surface area contributed by atoms with Crippen molar-refractivity contribution < 1.29 is 9.84 Å². The van der Waals surface area contributed by atoms with Crippen LogP contribution in [0.2, 0.25) is 0 Å². The zero-order valence-electron chi connectivity index (χ0n) is 11.7. The van der Waals surface area contributed by atoms with Crippen molar-refractivity contribution in [2.75, 3.05) is 0 Å². The second kappa shape index (κ2) is 4.69. The molecule has 0 bridgehead atoms. The van der Waals surface area contributed by atoms with Gasteiger partial charge in [0.15, 0.2) is 0 Å². The summed E-state index contributed by atoms with van der Waals surface area (Å²) in [5.74, 6) is 1.31. The predicted molar refractivity (Wildman–Crippen MR) is 71.5 cm³/mol. The van der Waals surface area contributed by atoms with Gasteiger partial charge < -0.3 is 9.84 Å². The summed E-state index contributed by atoms with van der Waals surface area (Å²) in [4.78, 5) is 0. The molecule has 0 radical (unpaired) electrons. The van der Waals surface area contributed by atoms with Crippen LogP contribution in [0.3, 0.4) is 0 Å². The minimum Gasteiger partial charge on any atom is -0.485 e. The Kier molecular flexibility index (Phi) is 3.88. The zero-order valence-corrected chi connectivity index (χ0v) is 11.7. The van der Waals surface area contributed by atoms with Crippen LogP contribution in [0.25, 0.3) is 0 Å². The van der Waals surface area contributed by atoms with Crippen LogP contribution < -0.4 is 4.74 Å². The van der Waals surface area contributed by atoms with E-state index in [1.54, 1.807) is 13.8 Å². The third kappa shape index (κ3) is 3.47. The molecule has 96 valence electrons. The average molecular weight is 236 g/mol. The lowest BCUT2D eigenvalue weighted by Gasteiger charge is -2.37. The summed E-state index contributed by atoms with van der Waals surface area (Å²) in [5, 5.41) is 10.0. The van der Waals surface area contributed by atoms with Crippen LogP contribution in [0.5, 0.6) is 5.75 Å². The van der Waals surface area contributed by atoms with Crippen molar-refractivity contribution in [3.05, 3.63) is 29.8 Å². The molecule has 0 atom stereocenters. The van der Waals surface area contributed by atoms with E-state index in [0.717, 1.165) is 5.75 Å². The molecule has 0 unspecified atom stereocenters. The van der Waals surface area contributed by atoms with Gasteiger partial charge in [-0.05, 0) is 51.3 Å². The van der Waals surface area contributed by atoms with Crippen LogP contribution >= 0.6 is 0 Å². The Morgan fingerprint density at radius 1 is 1.00 bits per heavy atom. The van der Waals surface area contributed by atoms with Gasteiger partial charge in [0.2, 0.25) is 0 Å². The van der Waals surface area contributed by atoms with E-state index in [4.69, 9.17) is 4.74 Å². The number of benzene rings is 1. The highest BCUT2D eigenvalue weighted by Gasteiger charge is 2.37. The summed E-state index contributed by atoms with van der Waals surface area (Å²) < 4.78 is 5.85. The topological polar surface area (TPSA) is 29.5 Å². The van der Waals surface area contributed by atoms with E-state index in [0.29, 0.717) is 5.92 Å². The summed E-state index contributed by atoms with van der Waals surface area (Å²) in [6, 6.07) is 8.06. The Bertz CT molecular complexity index is 356. The molecule has 2 heteroatoms. The molecule has 0 aromatic heterocycles. The fourth-order valence-corrected chi connectivity index (χ4v) is 1.34. The largest absolute Gasteiger partial charge is 0.485 e. The Labute approximate surface area is 105 Å². The van der Waals surface area contributed by atoms with Gasteiger partial charge in [-0.2, -0.15) is 0 Å². The number of aliphatic hydroxyl groups is 1. The molecule has 17 heavy (non-hydrogen) atoms. The fourth-order valence-electron chi connectivity index (χ4n) is 1.34. The average Bonchev–Trinajstić information content (AvgIpc) is 2.16. The Hall–Kier alpha value is -1.02. The number of ether oxygens (including phenoxy) is 1. The molecular weight excluding hydrogens is 212 g/mol. The Balaban J connectivity index is 2.83. The first kappa shape index (κ1) is 14.0. The first-order valence-electron chi connectivity index (χ1n) is 6.15. The molecule has 0 amide bonds. The lowest BCUT2D eigenvalue weighted by atomic mass is 9.89. The highest BCUT2D eigenvalue weighted by molar-refractivity contribution is 5.29. The molecule has 0 aliphatic carbocycles. The van der Waals surface area contributed by atoms with E-state index in [1.165, 1.54) is 5.56 Å².